The Kier molecular flexibility index (Phi) is 8.18. The first-order valence-corrected chi connectivity index (χ1v) is 12.4. The van der Waals surface area contributed by atoms with Gasteiger partial charge in [0.05, 0.1) is 18.0 Å². The van der Waals surface area contributed by atoms with E-state index in [1.54, 1.807) is 78.9 Å². The highest BCUT2D eigenvalue weighted by atomic mass is 35.5. The van der Waals surface area contributed by atoms with Gasteiger partial charge in [0, 0.05) is 10.6 Å². The maximum absolute atomic E-state index is 13.6. The van der Waals surface area contributed by atoms with Crippen molar-refractivity contribution >= 4 is 46.9 Å². The molecular formula is C29H27ClN2O4. The molecule has 0 spiro atoms. The average molecular weight is 503 g/mol. The maximum atomic E-state index is 13.6. The fourth-order valence-electron chi connectivity index (χ4n) is 3.97. The van der Waals surface area contributed by atoms with Crippen LogP contribution in [0.2, 0.25) is 5.02 Å². The number of carbonyl (C=O) groups is 3. The Morgan fingerprint density at radius 2 is 1.36 bits per heavy atom. The summed E-state index contributed by atoms with van der Waals surface area (Å²) in [5, 5.41) is 0.437. The van der Waals surface area contributed by atoms with Crippen LogP contribution in [0.1, 0.15) is 38.2 Å². The predicted octanol–water partition coefficient (Wildman–Crippen LogP) is 6.88. The number of nitrogens with zero attached hydrogens (tertiary/aromatic N) is 2. The third-order valence-electron chi connectivity index (χ3n) is 5.81. The molecule has 7 heteroatoms. The molecule has 36 heavy (non-hydrogen) atoms. The molecule has 184 valence electrons. The van der Waals surface area contributed by atoms with E-state index in [2.05, 4.69) is 6.92 Å². The smallest absolute Gasteiger partial charge is 0.343 e. The number of hydrogen-bond acceptors (Lipinski definition) is 4. The second kappa shape index (κ2) is 11.7. The summed E-state index contributed by atoms with van der Waals surface area (Å²) in [6, 6.07) is 21.4. The number of para-hydroxylation sites is 2. The SMILES string of the molecule is CCCCCCOc1ccc(Cl)cc1C=C1C(=O)N(c2ccccc2)C(=O)N(c2ccccc2)C1=O. The molecule has 1 aliphatic rings. The number of hydrogen-bond donors (Lipinski definition) is 0. The molecule has 4 amide bonds. The van der Waals surface area contributed by atoms with Crippen molar-refractivity contribution in [1.82, 2.24) is 0 Å². The number of ether oxygens (including phenoxy) is 1. The van der Waals surface area contributed by atoms with Crippen LogP contribution in [0, 0.1) is 0 Å². The highest BCUT2D eigenvalue weighted by Crippen LogP contribution is 2.32. The van der Waals surface area contributed by atoms with Crippen LogP contribution >= 0.6 is 11.6 Å². The summed E-state index contributed by atoms with van der Waals surface area (Å²) in [6.07, 6.45) is 5.65. The maximum Gasteiger partial charge on any atom is 0.343 e. The van der Waals surface area contributed by atoms with Crippen LogP contribution in [0.5, 0.6) is 5.75 Å². The summed E-state index contributed by atoms with van der Waals surface area (Å²) in [4.78, 5) is 42.6. The van der Waals surface area contributed by atoms with E-state index < -0.39 is 17.8 Å². The van der Waals surface area contributed by atoms with Crippen LogP contribution < -0.4 is 14.5 Å². The molecular weight excluding hydrogens is 476 g/mol. The van der Waals surface area contributed by atoms with Gasteiger partial charge in [-0.15, -0.1) is 0 Å². The molecule has 1 saturated heterocycles. The lowest BCUT2D eigenvalue weighted by atomic mass is 10.0. The molecule has 0 saturated carbocycles. The van der Waals surface area contributed by atoms with Gasteiger partial charge in [-0.25, -0.2) is 14.6 Å². The molecule has 3 aromatic carbocycles. The van der Waals surface area contributed by atoms with Crippen LogP contribution in [0.3, 0.4) is 0 Å². The Morgan fingerprint density at radius 3 is 1.92 bits per heavy atom. The summed E-state index contributed by atoms with van der Waals surface area (Å²) in [5.74, 6) is -0.909. The van der Waals surface area contributed by atoms with Crippen molar-refractivity contribution in [2.24, 2.45) is 0 Å². The lowest BCUT2D eigenvalue weighted by Crippen LogP contribution is -2.57. The van der Waals surface area contributed by atoms with Crippen molar-refractivity contribution in [3.63, 3.8) is 0 Å². The number of imide groups is 2. The van der Waals surface area contributed by atoms with E-state index in [9.17, 15) is 14.4 Å². The van der Waals surface area contributed by atoms with Crippen molar-refractivity contribution in [3.05, 3.63) is 95.0 Å². The minimum absolute atomic E-state index is 0.166. The molecule has 0 bridgehead atoms. The number of carbonyl (C=O) groups excluding carboxylic acids is 3. The van der Waals surface area contributed by atoms with E-state index in [0.29, 0.717) is 34.3 Å². The van der Waals surface area contributed by atoms with Crippen LogP contribution in [0.15, 0.2) is 84.4 Å². The number of unbranched alkanes of at least 4 members (excludes halogenated alkanes) is 3. The third-order valence-corrected chi connectivity index (χ3v) is 6.04. The second-order valence-electron chi connectivity index (χ2n) is 8.38. The zero-order chi connectivity index (χ0) is 25.5. The van der Waals surface area contributed by atoms with Crippen molar-refractivity contribution in [3.8, 4) is 5.75 Å². The number of anilines is 2. The standard InChI is InChI=1S/C29H27ClN2O4/c1-2-3-4-11-18-36-26-17-16-22(30)19-21(26)20-25-27(33)31(23-12-7-5-8-13-23)29(35)32(28(25)34)24-14-9-6-10-15-24/h5-10,12-17,19-20H,2-4,11,18H2,1H3. The van der Waals surface area contributed by atoms with Gasteiger partial charge in [-0.2, -0.15) is 0 Å². The first-order valence-electron chi connectivity index (χ1n) is 12.0. The van der Waals surface area contributed by atoms with Gasteiger partial charge in [-0.1, -0.05) is 74.2 Å². The van der Waals surface area contributed by atoms with Gasteiger partial charge in [-0.3, -0.25) is 9.59 Å². The molecule has 0 aliphatic carbocycles. The Labute approximate surface area is 215 Å². The van der Waals surface area contributed by atoms with Gasteiger partial charge in [0.15, 0.2) is 0 Å². The van der Waals surface area contributed by atoms with Gasteiger partial charge in [-0.05, 0) is 55.0 Å². The van der Waals surface area contributed by atoms with E-state index in [0.717, 1.165) is 35.5 Å². The van der Waals surface area contributed by atoms with Crippen LogP contribution in [-0.2, 0) is 9.59 Å². The lowest BCUT2D eigenvalue weighted by Gasteiger charge is -2.34. The zero-order valence-electron chi connectivity index (χ0n) is 20.0. The Hall–Kier alpha value is -3.90. The van der Waals surface area contributed by atoms with Crippen LogP contribution in [-0.4, -0.2) is 24.5 Å². The molecule has 3 aromatic rings. The molecule has 6 nitrogen and oxygen atoms in total. The van der Waals surface area contributed by atoms with Crippen LogP contribution in [0.4, 0.5) is 16.2 Å². The van der Waals surface area contributed by atoms with Gasteiger partial charge < -0.3 is 4.74 Å². The molecule has 1 fully saturated rings. The highest BCUT2D eigenvalue weighted by molar-refractivity contribution is 6.46. The normalized spacial score (nSPS) is 13.8. The second-order valence-corrected chi connectivity index (χ2v) is 8.82. The van der Waals surface area contributed by atoms with E-state index in [1.807, 2.05) is 0 Å². The van der Waals surface area contributed by atoms with E-state index in [4.69, 9.17) is 16.3 Å². The monoisotopic (exact) mass is 502 g/mol. The fraction of sp³-hybridized carbons (Fsp3) is 0.207. The summed E-state index contributed by atoms with van der Waals surface area (Å²) >= 11 is 6.25. The molecule has 0 N–H and O–H groups in total. The van der Waals surface area contributed by atoms with Crippen LogP contribution in [0.25, 0.3) is 6.08 Å². The van der Waals surface area contributed by atoms with Gasteiger partial charge in [0.1, 0.15) is 11.3 Å². The largest absolute Gasteiger partial charge is 0.493 e. The Balaban J connectivity index is 1.76. The average Bonchev–Trinajstić information content (AvgIpc) is 2.89. The quantitative estimate of drug-likeness (QED) is 0.182. The number of halogens is 1. The Bertz CT molecular complexity index is 1210. The third kappa shape index (κ3) is 5.50. The molecule has 0 aromatic heterocycles. The predicted molar refractivity (Wildman–Crippen MR) is 142 cm³/mol. The number of urea groups is 1. The first kappa shape index (κ1) is 25.2. The topological polar surface area (TPSA) is 66.9 Å². The number of rotatable bonds is 9. The molecule has 1 aliphatic heterocycles. The number of benzene rings is 3. The van der Waals surface area contributed by atoms with Gasteiger partial charge >= 0.3 is 6.03 Å². The van der Waals surface area contributed by atoms with E-state index >= 15 is 0 Å². The van der Waals surface area contributed by atoms with Crippen molar-refractivity contribution in [2.75, 3.05) is 16.4 Å². The number of amides is 4. The first-order chi connectivity index (χ1) is 17.5. The minimum atomic E-state index is -0.738. The minimum Gasteiger partial charge on any atom is -0.493 e. The highest BCUT2D eigenvalue weighted by Gasteiger charge is 2.43. The molecule has 0 radical (unpaired) electrons. The summed E-state index contributed by atoms with van der Waals surface area (Å²) in [7, 11) is 0. The molecule has 0 unspecified atom stereocenters. The molecule has 0 atom stereocenters. The van der Waals surface area contributed by atoms with E-state index in [-0.39, 0.29) is 5.57 Å². The zero-order valence-corrected chi connectivity index (χ0v) is 20.8. The summed E-state index contributed by atoms with van der Waals surface area (Å²) in [5.41, 5.74) is 1.06. The van der Waals surface area contributed by atoms with Crippen molar-refractivity contribution in [2.45, 2.75) is 32.6 Å². The van der Waals surface area contributed by atoms with Crippen molar-refractivity contribution in [1.29, 1.82) is 0 Å². The summed E-state index contributed by atoms with van der Waals surface area (Å²) in [6.45, 7) is 2.65. The van der Waals surface area contributed by atoms with Crippen molar-refractivity contribution < 1.29 is 19.1 Å². The number of barbiturate groups is 1. The lowest BCUT2D eigenvalue weighted by molar-refractivity contribution is -0.121. The van der Waals surface area contributed by atoms with Gasteiger partial charge in [0.25, 0.3) is 11.8 Å². The van der Waals surface area contributed by atoms with E-state index in [1.165, 1.54) is 6.08 Å². The van der Waals surface area contributed by atoms with Gasteiger partial charge in [0.2, 0.25) is 0 Å². The molecule has 1 heterocycles. The molecule has 4 rings (SSSR count). The Morgan fingerprint density at radius 1 is 0.778 bits per heavy atom. The fourth-order valence-corrected chi connectivity index (χ4v) is 4.15. The summed E-state index contributed by atoms with van der Waals surface area (Å²) < 4.78 is 5.97.